The normalized spacial score (nSPS) is 12.0. The van der Waals surface area contributed by atoms with E-state index in [1.54, 1.807) is 0 Å². The predicted octanol–water partition coefficient (Wildman–Crippen LogP) is 3.61. The second-order valence-electron chi connectivity index (χ2n) is 4.69. The van der Waals surface area contributed by atoms with Gasteiger partial charge in [0.1, 0.15) is 5.75 Å². The van der Waals surface area contributed by atoms with Crippen LogP contribution in [0.4, 0.5) is 5.13 Å². The van der Waals surface area contributed by atoms with Crippen LogP contribution in [0, 0.1) is 17.8 Å². The summed E-state index contributed by atoms with van der Waals surface area (Å²) in [7, 11) is 0. The maximum atomic E-state index is 12.2. The molecule has 112 valence electrons. The van der Waals surface area contributed by atoms with Crippen molar-refractivity contribution < 1.29 is 9.53 Å². The Kier molecular flexibility index (Phi) is 5.08. The number of nitrogens with zero attached hydrogens (tertiary/aromatic N) is 1. The van der Waals surface area contributed by atoms with Crippen molar-refractivity contribution in [1.82, 2.24) is 10.2 Å². The van der Waals surface area contributed by atoms with Gasteiger partial charge in [-0.2, -0.15) is 0 Å². The van der Waals surface area contributed by atoms with Crippen LogP contribution in [0.2, 0.25) is 0 Å². The minimum absolute atomic E-state index is 0.227. The molecule has 21 heavy (non-hydrogen) atoms. The van der Waals surface area contributed by atoms with E-state index in [-0.39, 0.29) is 5.91 Å². The zero-order valence-electron chi connectivity index (χ0n) is 12.1. The molecule has 1 atom stereocenters. The topological polar surface area (TPSA) is 67.0 Å². The molecule has 2 N–H and O–H groups in total. The van der Waals surface area contributed by atoms with E-state index in [2.05, 4.69) is 15.5 Å². The van der Waals surface area contributed by atoms with Gasteiger partial charge in [0.25, 0.3) is 5.91 Å². The summed E-state index contributed by atoms with van der Waals surface area (Å²) in [5, 5.41) is 9.70. The van der Waals surface area contributed by atoms with Crippen molar-refractivity contribution in [2.75, 3.05) is 5.32 Å². The lowest BCUT2D eigenvalue weighted by molar-refractivity contribution is -0.122. The van der Waals surface area contributed by atoms with E-state index >= 15 is 0 Å². The van der Waals surface area contributed by atoms with Crippen LogP contribution in [0.25, 0.3) is 0 Å². The van der Waals surface area contributed by atoms with E-state index in [9.17, 15) is 4.79 Å². The SMILES string of the molecule is CCC(Oc1ccc(C)cc1C)C(=O)Nc1n[nH]c(=S)s1. The van der Waals surface area contributed by atoms with Crippen molar-refractivity contribution in [3.63, 3.8) is 0 Å². The lowest BCUT2D eigenvalue weighted by Gasteiger charge is -2.18. The first kappa shape index (κ1) is 15.7. The number of aryl methyl sites for hydroxylation is 2. The number of hydrogen-bond donors (Lipinski definition) is 2. The second kappa shape index (κ2) is 6.82. The third-order valence-corrected chi connectivity index (χ3v) is 3.94. The molecule has 0 aliphatic carbocycles. The van der Waals surface area contributed by atoms with Gasteiger partial charge in [0.05, 0.1) is 0 Å². The van der Waals surface area contributed by atoms with Crippen molar-refractivity contribution in [3.05, 3.63) is 33.3 Å². The van der Waals surface area contributed by atoms with Gasteiger partial charge in [-0.3, -0.25) is 15.2 Å². The van der Waals surface area contributed by atoms with Crippen molar-refractivity contribution >= 4 is 34.6 Å². The molecule has 0 fully saturated rings. The third kappa shape index (κ3) is 4.12. The fourth-order valence-electron chi connectivity index (χ4n) is 1.88. The summed E-state index contributed by atoms with van der Waals surface area (Å²) in [5.74, 6) is 0.493. The molecule has 0 spiro atoms. The molecule has 0 aliphatic heterocycles. The van der Waals surface area contributed by atoms with Crippen molar-refractivity contribution in [3.8, 4) is 5.75 Å². The smallest absolute Gasteiger partial charge is 0.267 e. The van der Waals surface area contributed by atoms with Gasteiger partial charge in [0.15, 0.2) is 10.1 Å². The Balaban J connectivity index is 2.08. The molecule has 0 radical (unpaired) electrons. The highest BCUT2D eigenvalue weighted by molar-refractivity contribution is 7.73. The Labute approximate surface area is 132 Å². The summed E-state index contributed by atoms with van der Waals surface area (Å²) in [6.45, 7) is 5.89. The summed E-state index contributed by atoms with van der Waals surface area (Å²) in [6.07, 6.45) is -0.00140. The van der Waals surface area contributed by atoms with E-state index in [0.717, 1.165) is 16.9 Å². The molecule has 1 unspecified atom stereocenters. The molecule has 0 saturated carbocycles. The quantitative estimate of drug-likeness (QED) is 0.825. The summed E-state index contributed by atoms with van der Waals surface area (Å²) in [5.41, 5.74) is 2.17. The average molecular weight is 323 g/mol. The maximum absolute atomic E-state index is 12.2. The summed E-state index contributed by atoms with van der Waals surface area (Å²) < 4.78 is 6.34. The Morgan fingerprint density at radius 2 is 2.29 bits per heavy atom. The molecule has 1 heterocycles. The Morgan fingerprint density at radius 1 is 1.52 bits per heavy atom. The highest BCUT2D eigenvalue weighted by Crippen LogP contribution is 2.21. The number of carbonyl (C=O) groups excluding carboxylic acids is 1. The summed E-state index contributed by atoms with van der Waals surface area (Å²) in [4.78, 5) is 12.2. The third-order valence-electron chi connectivity index (χ3n) is 2.93. The first-order chi connectivity index (χ1) is 9.99. The Hall–Kier alpha value is -1.73. The number of rotatable bonds is 5. The molecule has 0 saturated heterocycles. The molecule has 0 aliphatic rings. The van der Waals surface area contributed by atoms with Crippen LogP contribution >= 0.6 is 23.6 Å². The van der Waals surface area contributed by atoms with Crippen LogP contribution in [0.3, 0.4) is 0 Å². The number of H-pyrrole nitrogens is 1. The molecule has 5 nitrogen and oxygen atoms in total. The number of nitrogens with one attached hydrogen (secondary N) is 2. The molecular formula is C14H17N3O2S2. The van der Waals surface area contributed by atoms with Gasteiger partial charge in [0, 0.05) is 0 Å². The lowest BCUT2D eigenvalue weighted by atomic mass is 10.1. The number of anilines is 1. The van der Waals surface area contributed by atoms with E-state index in [1.807, 2.05) is 39.0 Å². The van der Waals surface area contributed by atoms with Crippen molar-refractivity contribution in [1.29, 1.82) is 0 Å². The van der Waals surface area contributed by atoms with E-state index in [0.29, 0.717) is 15.5 Å². The van der Waals surface area contributed by atoms with Crippen LogP contribution in [0.1, 0.15) is 24.5 Å². The average Bonchev–Trinajstić information content (AvgIpc) is 2.83. The van der Waals surface area contributed by atoms with Crippen LogP contribution in [-0.2, 0) is 4.79 Å². The lowest BCUT2D eigenvalue weighted by Crippen LogP contribution is -2.32. The fourth-order valence-corrected chi connectivity index (χ4v) is 2.67. The minimum atomic E-state index is -0.566. The number of carbonyl (C=O) groups is 1. The predicted molar refractivity (Wildman–Crippen MR) is 86.6 cm³/mol. The molecule has 2 rings (SSSR count). The highest BCUT2D eigenvalue weighted by atomic mass is 32.1. The molecule has 1 aromatic heterocycles. The van der Waals surface area contributed by atoms with E-state index in [1.165, 1.54) is 11.3 Å². The summed E-state index contributed by atoms with van der Waals surface area (Å²) >= 11 is 6.15. The monoisotopic (exact) mass is 323 g/mol. The van der Waals surface area contributed by atoms with Gasteiger partial charge in [-0.15, -0.1) is 5.10 Å². The number of benzene rings is 1. The second-order valence-corrected chi connectivity index (χ2v) is 6.36. The number of amides is 1. The largest absolute Gasteiger partial charge is 0.480 e. The molecule has 1 aromatic carbocycles. The van der Waals surface area contributed by atoms with Gasteiger partial charge in [0.2, 0.25) is 5.13 Å². The number of aromatic nitrogens is 2. The van der Waals surface area contributed by atoms with Gasteiger partial charge < -0.3 is 4.74 Å². The van der Waals surface area contributed by atoms with Crippen LogP contribution < -0.4 is 10.1 Å². The zero-order chi connectivity index (χ0) is 15.4. The molecular weight excluding hydrogens is 306 g/mol. The van der Waals surface area contributed by atoms with Crippen molar-refractivity contribution in [2.24, 2.45) is 0 Å². The van der Waals surface area contributed by atoms with Crippen LogP contribution in [-0.4, -0.2) is 22.2 Å². The first-order valence-corrected chi connectivity index (χ1v) is 7.82. The van der Waals surface area contributed by atoms with Crippen LogP contribution in [0.5, 0.6) is 5.75 Å². The fraction of sp³-hybridized carbons (Fsp3) is 0.357. The number of hydrogen-bond acceptors (Lipinski definition) is 5. The molecule has 0 bridgehead atoms. The highest BCUT2D eigenvalue weighted by Gasteiger charge is 2.20. The van der Waals surface area contributed by atoms with Crippen molar-refractivity contribution in [2.45, 2.75) is 33.3 Å². The van der Waals surface area contributed by atoms with Gasteiger partial charge >= 0.3 is 0 Å². The standard InChI is InChI=1S/C14H17N3O2S2/c1-4-10(12(18)15-13-16-17-14(20)21-13)19-11-6-5-8(2)7-9(11)3/h5-7,10H,4H2,1-3H3,(H,17,20)(H,15,16,18). The minimum Gasteiger partial charge on any atom is -0.480 e. The van der Waals surface area contributed by atoms with E-state index < -0.39 is 6.10 Å². The molecule has 2 aromatic rings. The molecule has 1 amide bonds. The summed E-state index contributed by atoms with van der Waals surface area (Å²) in [6, 6.07) is 5.88. The molecule has 7 heteroatoms. The van der Waals surface area contributed by atoms with Gasteiger partial charge in [-0.25, -0.2) is 0 Å². The van der Waals surface area contributed by atoms with Gasteiger partial charge in [-0.05, 0) is 44.1 Å². The van der Waals surface area contributed by atoms with E-state index in [4.69, 9.17) is 17.0 Å². The Bertz CT molecular complexity index is 694. The number of aromatic amines is 1. The first-order valence-electron chi connectivity index (χ1n) is 6.60. The zero-order valence-corrected chi connectivity index (χ0v) is 13.7. The Morgan fingerprint density at radius 3 is 2.86 bits per heavy atom. The number of ether oxygens (including phenoxy) is 1. The van der Waals surface area contributed by atoms with Crippen LogP contribution in [0.15, 0.2) is 18.2 Å². The van der Waals surface area contributed by atoms with Gasteiger partial charge in [-0.1, -0.05) is 36.0 Å². The maximum Gasteiger partial charge on any atom is 0.267 e.